The van der Waals surface area contributed by atoms with Crippen LogP contribution in [-0.2, 0) is 0 Å². The average Bonchev–Trinajstić information content (AvgIpc) is 2.46. The van der Waals surface area contributed by atoms with Crippen LogP contribution in [0.1, 0.15) is 5.56 Å². The number of H-pyrrole nitrogens is 1. The highest BCUT2D eigenvalue weighted by molar-refractivity contribution is 5.80. The van der Waals surface area contributed by atoms with E-state index in [-0.39, 0.29) is 5.56 Å². The summed E-state index contributed by atoms with van der Waals surface area (Å²) in [6, 6.07) is 6.86. The summed E-state index contributed by atoms with van der Waals surface area (Å²) in [4.78, 5) is 21.1. The van der Waals surface area contributed by atoms with E-state index in [1.54, 1.807) is 24.3 Å². The standard InChI is InChI=1S/C15H14N4O/c1-3-7-19(8-4-2)15-17-13-6-5-11(10-16)9-12(13)14(20)18-15/h3-6,9H,1-2,7-8H2,(H,17,18,20). The molecule has 2 rings (SSSR count). The number of hydrogen-bond acceptors (Lipinski definition) is 4. The molecule has 0 aliphatic rings. The van der Waals surface area contributed by atoms with Crippen molar-refractivity contribution in [2.75, 3.05) is 18.0 Å². The normalized spacial score (nSPS) is 9.95. The smallest absolute Gasteiger partial charge is 0.260 e. The Morgan fingerprint density at radius 3 is 2.65 bits per heavy atom. The number of nitrogens with zero attached hydrogens (tertiary/aromatic N) is 3. The van der Waals surface area contributed by atoms with Crippen LogP contribution in [0.3, 0.4) is 0 Å². The van der Waals surface area contributed by atoms with Crippen LogP contribution in [0.15, 0.2) is 48.3 Å². The molecule has 0 fully saturated rings. The lowest BCUT2D eigenvalue weighted by molar-refractivity contribution is 0.891. The second-order valence-electron chi connectivity index (χ2n) is 4.22. The summed E-state index contributed by atoms with van der Waals surface area (Å²) in [6.45, 7) is 8.47. The number of aromatic nitrogens is 2. The predicted octanol–water partition coefficient (Wildman–Crippen LogP) is 1.97. The van der Waals surface area contributed by atoms with Crippen molar-refractivity contribution >= 4 is 16.9 Å². The largest absolute Gasteiger partial charge is 0.335 e. The van der Waals surface area contributed by atoms with Crippen molar-refractivity contribution in [3.63, 3.8) is 0 Å². The zero-order chi connectivity index (χ0) is 14.5. The van der Waals surface area contributed by atoms with Gasteiger partial charge in [-0.3, -0.25) is 9.78 Å². The van der Waals surface area contributed by atoms with E-state index in [1.165, 1.54) is 6.07 Å². The molecule has 2 aromatic rings. The van der Waals surface area contributed by atoms with Gasteiger partial charge < -0.3 is 4.90 Å². The Bertz CT molecular complexity index is 745. The van der Waals surface area contributed by atoms with Crippen molar-refractivity contribution in [3.8, 4) is 6.07 Å². The van der Waals surface area contributed by atoms with Crippen LogP contribution in [0.4, 0.5) is 5.95 Å². The van der Waals surface area contributed by atoms with Gasteiger partial charge in [-0.25, -0.2) is 4.98 Å². The van der Waals surface area contributed by atoms with Crippen LogP contribution in [0.5, 0.6) is 0 Å². The molecule has 0 aliphatic heterocycles. The average molecular weight is 266 g/mol. The Hall–Kier alpha value is -2.87. The van der Waals surface area contributed by atoms with Crippen molar-refractivity contribution in [3.05, 3.63) is 59.4 Å². The Kier molecular flexibility index (Phi) is 3.96. The molecule has 0 aliphatic carbocycles. The predicted molar refractivity (Wildman–Crippen MR) is 79.7 cm³/mol. The van der Waals surface area contributed by atoms with Gasteiger partial charge >= 0.3 is 0 Å². The topological polar surface area (TPSA) is 72.8 Å². The fraction of sp³-hybridized carbons (Fsp3) is 0.133. The van der Waals surface area contributed by atoms with Gasteiger partial charge in [0.25, 0.3) is 5.56 Å². The SMILES string of the molecule is C=CCN(CC=C)c1nc2ccc(C#N)cc2c(=O)[nH]1. The molecule has 5 heteroatoms. The van der Waals surface area contributed by atoms with Gasteiger partial charge in [0, 0.05) is 13.1 Å². The van der Waals surface area contributed by atoms with Crippen LogP contribution >= 0.6 is 0 Å². The summed E-state index contributed by atoms with van der Waals surface area (Å²) in [5.41, 5.74) is 0.729. The van der Waals surface area contributed by atoms with Crippen molar-refractivity contribution in [1.29, 1.82) is 5.26 Å². The van der Waals surface area contributed by atoms with Crippen LogP contribution in [-0.4, -0.2) is 23.1 Å². The molecule has 0 saturated carbocycles. The first-order valence-corrected chi connectivity index (χ1v) is 6.10. The maximum atomic E-state index is 12.1. The van der Waals surface area contributed by atoms with Crippen molar-refractivity contribution < 1.29 is 0 Å². The summed E-state index contributed by atoms with van der Waals surface area (Å²) in [7, 11) is 0. The third-order valence-electron chi connectivity index (χ3n) is 2.82. The van der Waals surface area contributed by atoms with Crippen molar-refractivity contribution in [2.24, 2.45) is 0 Å². The molecule has 1 aromatic carbocycles. The first-order chi connectivity index (χ1) is 9.69. The zero-order valence-corrected chi connectivity index (χ0v) is 11.0. The summed E-state index contributed by atoms with van der Waals surface area (Å²) >= 11 is 0. The summed E-state index contributed by atoms with van der Waals surface area (Å²) < 4.78 is 0. The first kappa shape index (κ1) is 13.6. The van der Waals surface area contributed by atoms with Crippen LogP contribution < -0.4 is 10.5 Å². The quantitative estimate of drug-likeness (QED) is 0.840. The number of nitriles is 1. The molecule has 1 N–H and O–H groups in total. The Morgan fingerprint density at radius 2 is 2.05 bits per heavy atom. The Balaban J connectivity index is 2.57. The Labute approximate surface area is 116 Å². The minimum atomic E-state index is -0.264. The molecule has 0 atom stereocenters. The number of aromatic amines is 1. The van der Waals surface area contributed by atoms with Gasteiger partial charge in [-0.1, -0.05) is 12.2 Å². The van der Waals surface area contributed by atoms with Gasteiger partial charge in [-0.2, -0.15) is 5.26 Å². The van der Waals surface area contributed by atoms with E-state index in [0.717, 1.165) is 0 Å². The van der Waals surface area contributed by atoms with Crippen LogP contribution in [0, 0.1) is 11.3 Å². The maximum Gasteiger partial charge on any atom is 0.260 e. The van der Waals surface area contributed by atoms with Gasteiger partial charge in [0.05, 0.1) is 22.5 Å². The molecule has 0 unspecified atom stereocenters. The molecule has 0 amide bonds. The molecule has 1 heterocycles. The van der Waals surface area contributed by atoms with Gasteiger partial charge in [-0.15, -0.1) is 13.2 Å². The number of hydrogen-bond donors (Lipinski definition) is 1. The van der Waals surface area contributed by atoms with E-state index in [2.05, 4.69) is 23.1 Å². The van der Waals surface area contributed by atoms with E-state index < -0.39 is 0 Å². The number of nitrogens with one attached hydrogen (secondary N) is 1. The third-order valence-corrected chi connectivity index (χ3v) is 2.82. The molecular formula is C15H14N4O. The number of benzene rings is 1. The third kappa shape index (κ3) is 2.59. The second-order valence-corrected chi connectivity index (χ2v) is 4.22. The lowest BCUT2D eigenvalue weighted by Gasteiger charge is -2.19. The summed E-state index contributed by atoms with van der Waals surface area (Å²) in [6.07, 6.45) is 3.46. The first-order valence-electron chi connectivity index (χ1n) is 6.10. The highest BCUT2D eigenvalue weighted by Crippen LogP contribution is 2.13. The fourth-order valence-electron chi connectivity index (χ4n) is 1.90. The second kappa shape index (κ2) is 5.85. The van der Waals surface area contributed by atoms with Gasteiger partial charge in [0.15, 0.2) is 0 Å². The highest BCUT2D eigenvalue weighted by Gasteiger charge is 2.09. The van der Waals surface area contributed by atoms with E-state index in [1.807, 2.05) is 11.0 Å². The van der Waals surface area contributed by atoms with Crippen LogP contribution in [0.2, 0.25) is 0 Å². The lowest BCUT2D eigenvalue weighted by Crippen LogP contribution is -2.27. The molecule has 20 heavy (non-hydrogen) atoms. The minimum Gasteiger partial charge on any atom is -0.335 e. The van der Waals surface area contributed by atoms with E-state index in [9.17, 15) is 4.79 Å². The van der Waals surface area contributed by atoms with Gasteiger partial charge in [-0.05, 0) is 18.2 Å². The number of rotatable bonds is 5. The zero-order valence-electron chi connectivity index (χ0n) is 11.0. The Morgan fingerprint density at radius 1 is 1.35 bits per heavy atom. The fourth-order valence-corrected chi connectivity index (χ4v) is 1.90. The van der Waals surface area contributed by atoms with E-state index in [0.29, 0.717) is 35.5 Å². The molecule has 0 radical (unpaired) electrons. The lowest BCUT2D eigenvalue weighted by atomic mass is 10.1. The molecule has 0 spiro atoms. The monoisotopic (exact) mass is 266 g/mol. The minimum absolute atomic E-state index is 0.264. The number of anilines is 1. The molecule has 1 aromatic heterocycles. The summed E-state index contributed by atoms with van der Waals surface area (Å²) in [5, 5.41) is 9.27. The summed E-state index contributed by atoms with van der Waals surface area (Å²) in [5.74, 6) is 0.465. The highest BCUT2D eigenvalue weighted by atomic mass is 16.1. The van der Waals surface area contributed by atoms with Crippen LogP contribution in [0.25, 0.3) is 10.9 Å². The van der Waals surface area contributed by atoms with Gasteiger partial charge in [0.1, 0.15) is 0 Å². The number of fused-ring (bicyclic) bond motifs is 1. The van der Waals surface area contributed by atoms with E-state index >= 15 is 0 Å². The van der Waals surface area contributed by atoms with Gasteiger partial charge in [0.2, 0.25) is 5.95 Å². The maximum absolute atomic E-state index is 12.1. The molecule has 0 saturated heterocycles. The molecule has 5 nitrogen and oxygen atoms in total. The molecule has 0 bridgehead atoms. The van der Waals surface area contributed by atoms with Crippen molar-refractivity contribution in [1.82, 2.24) is 9.97 Å². The molecule has 100 valence electrons. The van der Waals surface area contributed by atoms with Crippen molar-refractivity contribution in [2.45, 2.75) is 0 Å². The van der Waals surface area contributed by atoms with E-state index in [4.69, 9.17) is 5.26 Å². The molecular weight excluding hydrogens is 252 g/mol.